The van der Waals surface area contributed by atoms with Crippen molar-refractivity contribution in [1.82, 2.24) is 10.6 Å². The lowest BCUT2D eigenvalue weighted by molar-refractivity contribution is -0.143. The topological polar surface area (TPSA) is 103 Å². The predicted octanol–water partition coefficient (Wildman–Crippen LogP) is 4.77. The number of hydrogen-bond acceptors (Lipinski definition) is 6. The Hall–Kier alpha value is -3.55. The summed E-state index contributed by atoms with van der Waals surface area (Å²) < 4.78 is 16.0. The number of ether oxygens (including phenoxy) is 3. The number of methoxy groups -OCH3 is 1. The smallest absolute Gasteiger partial charge is 0.407 e. The number of alkyl carbamates (subject to hydrolysis) is 1. The van der Waals surface area contributed by atoms with Crippen molar-refractivity contribution >= 4 is 18.0 Å². The minimum absolute atomic E-state index is 0.171. The Morgan fingerprint density at radius 3 is 2.35 bits per heavy atom. The molecule has 1 aliphatic carbocycles. The Labute approximate surface area is 219 Å². The average molecular weight is 511 g/mol. The van der Waals surface area contributed by atoms with Crippen LogP contribution in [0.1, 0.15) is 67.8 Å². The van der Waals surface area contributed by atoms with Gasteiger partial charge >= 0.3 is 12.1 Å². The molecule has 0 heterocycles. The van der Waals surface area contributed by atoms with Gasteiger partial charge < -0.3 is 24.8 Å². The second-order valence-corrected chi connectivity index (χ2v) is 9.34. The zero-order valence-electron chi connectivity index (χ0n) is 21.8. The molecule has 8 nitrogen and oxygen atoms in total. The molecule has 0 bridgehead atoms. The summed E-state index contributed by atoms with van der Waals surface area (Å²) in [5.74, 6) is 0.157. The Bertz CT molecular complexity index is 1020. The van der Waals surface area contributed by atoms with Gasteiger partial charge in [-0.15, -0.1) is 0 Å². The third-order valence-corrected chi connectivity index (χ3v) is 6.88. The molecule has 8 heteroatoms. The van der Waals surface area contributed by atoms with Crippen LogP contribution in [-0.2, 0) is 19.7 Å². The number of benzene rings is 2. The van der Waals surface area contributed by atoms with E-state index in [1.807, 2.05) is 30.3 Å². The monoisotopic (exact) mass is 510 g/mol. The summed E-state index contributed by atoms with van der Waals surface area (Å²) in [7, 11) is 1.55. The van der Waals surface area contributed by atoms with E-state index in [1.54, 1.807) is 26.2 Å². The first-order valence-electron chi connectivity index (χ1n) is 13.0. The molecule has 3 rings (SSSR count). The summed E-state index contributed by atoms with van der Waals surface area (Å²) in [5, 5.41) is 5.91. The fourth-order valence-corrected chi connectivity index (χ4v) is 4.70. The highest BCUT2D eigenvalue weighted by molar-refractivity contribution is 5.97. The molecule has 1 aliphatic rings. The van der Waals surface area contributed by atoms with Crippen LogP contribution in [0.3, 0.4) is 0 Å². The van der Waals surface area contributed by atoms with Gasteiger partial charge in [-0.05, 0) is 56.2 Å². The van der Waals surface area contributed by atoms with E-state index in [1.165, 1.54) is 5.56 Å². The number of para-hydroxylation sites is 1. The van der Waals surface area contributed by atoms with Crippen molar-refractivity contribution in [2.45, 2.75) is 63.4 Å². The van der Waals surface area contributed by atoms with Gasteiger partial charge in [-0.3, -0.25) is 9.59 Å². The van der Waals surface area contributed by atoms with Gasteiger partial charge in [0, 0.05) is 24.9 Å². The third kappa shape index (κ3) is 8.23. The van der Waals surface area contributed by atoms with Gasteiger partial charge in [-0.1, -0.05) is 49.4 Å². The van der Waals surface area contributed by atoms with Gasteiger partial charge in [0.1, 0.15) is 11.9 Å². The normalized spacial score (nSPS) is 18.9. The highest BCUT2D eigenvalue weighted by Crippen LogP contribution is 2.40. The molecule has 200 valence electrons. The first-order valence-corrected chi connectivity index (χ1v) is 13.0. The number of carbonyl (C=O) groups is 3. The number of rotatable bonds is 12. The van der Waals surface area contributed by atoms with Crippen LogP contribution in [0.2, 0.25) is 0 Å². The first-order chi connectivity index (χ1) is 18.0. The summed E-state index contributed by atoms with van der Waals surface area (Å²) in [6.07, 6.45) is 4.15. The zero-order valence-corrected chi connectivity index (χ0v) is 21.8. The van der Waals surface area contributed by atoms with Crippen LogP contribution < -0.4 is 15.4 Å². The van der Waals surface area contributed by atoms with E-state index < -0.39 is 6.09 Å². The molecule has 2 N–H and O–H groups in total. The molecule has 0 aliphatic heterocycles. The van der Waals surface area contributed by atoms with E-state index in [2.05, 4.69) is 22.8 Å². The van der Waals surface area contributed by atoms with E-state index in [4.69, 9.17) is 14.2 Å². The molecule has 2 aromatic carbocycles. The van der Waals surface area contributed by atoms with Gasteiger partial charge in [-0.2, -0.15) is 0 Å². The average Bonchev–Trinajstić information content (AvgIpc) is 2.94. The molecule has 0 aromatic heterocycles. The quantitative estimate of drug-likeness (QED) is 0.315. The van der Waals surface area contributed by atoms with Crippen molar-refractivity contribution in [3.63, 3.8) is 0 Å². The fraction of sp³-hybridized carbons (Fsp3) is 0.483. The molecular formula is C29H38N2O6. The van der Waals surface area contributed by atoms with E-state index in [-0.39, 0.29) is 23.4 Å². The number of esters is 1. The van der Waals surface area contributed by atoms with Gasteiger partial charge in [0.05, 0.1) is 19.3 Å². The fourth-order valence-electron chi connectivity index (χ4n) is 4.70. The number of carbonyl (C=O) groups excluding carboxylic acids is 3. The second kappa shape index (κ2) is 14.3. The summed E-state index contributed by atoms with van der Waals surface area (Å²) >= 11 is 0. The van der Waals surface area contributed by atoms with Gasteiger partial charge in [-0.25, -0.2) is 4.79 Å². The van der Waals surface area contributed by atoms with E-state index in [0.717, 1.165) is 12.8 Å². The van der Waals surface area contributed by atoms with Crippen molar-refractivity contribution in [3.05, 3.63) is 65.7 Å². The van der Waals surface area contributed by atoms with E-state index >= 15 is 0 Å². The molecule has 1 fully saturated rings. The molecule has 0 saturated heterocycles. The molecule has 0 atom stereocenters. The van der Waals surface area contributed by atoms with E-state index in [9.17, 15) is 14.4 Å². The molecule has 2 amide bonds. The first kappa shape index (κ1) is 28.0. The Balaban J connectivity index is 1.51. The van der Waals surface area contributed by atoms with E-state index in [0.29, 0.717) is 63.1 Å². The van der Waals surface area contributed by atoms with Crippen LogP contribution in [0.25, 0.3) is 0 Å². The predicted molar refractivity (Wildman–Crippen MR) is 141 cm³/mol. The molecule has 37 heavy (non-hydrogen) atoms. The van der Waals surface area contributed by atoms with Crippen LogP contribution in [0.15, 0.2) is 54.6 Å². The van der Waals surface area contributed by atoms with Crippen LogP contribution in [-0.4, -0.2) is 50.9 Å². The lowest BCUT2D eigenvalue weighted by atomic mass is 9.68. The maximum atomic E-state index is 13.0. The summed E-state index contributed by atoms with van der Waals surface area (Å²) in [6.45, 7) is 3.07. The lowest BCUT2D eigenvalue weighted by Crippen LogP contribution is -2.45. The third-order valence-electron chi connectivity index (χ3n) is 6.88. The molecule has 2 aromatic rings. The summed E-state index contributed by atoms with van der Waals surface area (Å²) in [4.78, 5) is 36.4. The highest BCUT2D eigenvalue weighted by atomic mass is 16.6. The highest BCUT2D eigenvalue weighted by Gasteiger charge is 2.38. The van der Waals surface area contributed by atoms with Crippen LogP contribution in [0, 0.1) is 0 Å². The zero-order chi connectivity index (χ0) is 26.5. The minimum Gasteiger partial charge on any atom is -0.496 e. The minimum atomic E-state index is -0.424. The van der Waals surface area contributed by atoms with Crippen LogP contribution >= 0.6 is 0 Å². The Morgan fingerprint density at radius 1 is 0.946 bits per heavy atom. The largest absolute Gasteiger partial charge is 0.496 e. The SMILES string of the molecule is CCC(=O)OCCCCNC(=O)OC1CCC(CNC(=O)c2ccccc2OC)(c2ccccc2)CC1. The van der Waals surface area contributed by atoms with Gasteiger partial charge in [0.25, 0.3) is 5.91 Å². The molecule has 0 radical (unpaired) electrons. The second-order valence-electron chi connectivity index (χ2n) is 9.34. The molecule has 0 spiro atoms. The maximum Gasteiger partial charge on any atom is 0.407 e. The van der Waals surface area contributed by atoms with Crippen molar-refractivity contribution in [2.75, 3.05) is 26.8 Å². The van der Waals surface area contributed by atoms with Crippen molar-refractivity contribution in [1.29, 1.82) is 0 Å². The van der Waals surface area contributed by atoms with Crippen molar-refractivity contribution in [2.24, 2.45) is 0 Å². The summed E-state index contributed by atoms with van der Waals surface area (Å²) in [5.41, 5.74) is 1.43. The Morgan fingerprint density at radius 2 is 1.65 bits per heavy atom. The van der Waals surface area contributed by atoms with Gasteiger partial charge in [0.15, 0.2) is 0 Å². The van der Waals surface area contributed by atoms with Crippen LogP contribution in [0.5, 0.6) is 5.75 Å². The number of nitrogens with one attached hydrogen (secondary N) is 2. The van der Waals surface area contributed by atoms with Gasteiger partial charge in [0.2, 0.25) is 0 Å². The lowest BCUT2D eigenvalue weighted by Gasteiger charge is -2.40. The number of amides is 2. The Kier molecular flexibility index (Phi) is 10.8. The van der Waals surface area contributed by atoms with Crippen molar-refractivity contribution in [3.8, 4) is 5.75 Å². The standard InChI is InChI=1S/C29H38N2O6/c1-3-26(32)36-20-10-9-19-30-28(34)37-23-15-17-29(18-16-23,22-11-5-4-6-12-22)21-31-27(33)24-13-7-8-14-25(24)35-2/h4-8,11-14,23H,3,9-10,15-21H2,1-2H3,(H,30,34)(H,31,33). The number of unbranched alkanes of at least 4 members (excludes halogenated alkanes) is 1. The maximum absolute atomic E-state index is 13.0. The molecular weight excluding hydrogens is 472 g/mol. The van der Waals surface area contributed by atoms with Crippen molar-refractivity contribution < 1.29 is 28.6 Å². The van der Waals surface area contributed by atoms with Crippen LogP contribution in [0.4, 0.5) is 4.79 Å². The molecule has 1 saturated carbocycles. The number of hydrogen-bond donors (Lipinski definition) is 2. The molecule has 0 unspecified atom stereocenters. The summed E-state index contributed by atoms with van der Waals surface area (Å²) in [6, 6.07) is 17.4.